The molecule has 0 aliphatic carbocycles. The average Bonchev–Trinajstić information content (AvgIpc) is 3.07. The minimum atomic E-state index is -0.213. The van der Waals surface area contributed by atoms with Gasteiger partial charge in [0.25, 0.3) is 0 Å². The predicted molar refractivity (Wildman–Crippen MR) is 89.4 cm³/mol. The molecule has 0 spiro atoms. The summed E-state index contributed by atoms with van der Waals surface area (Å²) in [5.41, 5.74) is 2.05. The normalized spacial score (nSPS) is 10.7. The number of amides is 1. The van der Waals surface area contributed by atoms with Gasteiger partial charge in [-0.1, -0.05) is 29.8 Å². The number of aromatic amines is 1. The number of nitrogens with one attached hydrogen (secondary N) is 2. The fourth-order valence-corrected chi connectivity index (χ4v) is 2.39. The quantitative estimate of drug-likeness (QED) is 0.720. The van der Waals surface area contributed by atoms with Crippen LogP contribution in [-0.2, 0) is 18.4 Å². The second-order valence-electron chi connectivity index (χ2n) is 5.23. The van der Waals surface area contributed by atoms with Crippen molar-refractivity contribution in [3.63, 3.8) is 0 Å². The molecule has 0 aliphatic rings. The smallest absolute Gasteiger partial charge is 0.245 e. The number of hydrogen-bond acceptors (Lipinski definition) is 4. The number of nitrogens with zero attached hydrogens (tertiary/aromatic N) is 4. The number of benzene rings is 1. The van der Waals surface area contributed by atoms with Gasteiger partial charge in [0.05, 0.1) is 0 Å². The van der Waals surface area contributed by atoms with Crippen molar-refractivity contribution in [2.45, 2.75) is 13.5 Å². The van der Waals surface area contributed by atoms with Gasteiger partial charge in [-0.15, -0.1) is 0 Å². The summed E-state index contributed by atoms with van der Waals surface area (Å²) in [4.78, 5) is 12.2. The van der Waals surface area contributed by atoms with Crippen LogP contribution in [0.15, 0.2) is 36.5 Å². The van der Waals surface area contributed by atoms with Crippen LogP contribution in [0.1, 0.15) is 5.56 Å². The number of carbonyl (C=O) groups excluding carboxylic acids is 1. The number of anilines is 1. The van der Waals surface area contributed by atoms with Crippen LogP contribution in [0.25, 0.3) is 11.4 Å². The van der Waals surface area contributed by atoms with Gasteiger partial charge in [-0.05, 0) is 19.1 Å². The van der Waals surface area contributed by atoms with Crippen molar-refractivity contribution in [2.24, 2.45) is 7.05 Å². The van der Waals surface area contributed by atoms with E-state index in [1.165, 1.54) is 0 Å². The van der Waals surface area contributed by atoms with Crippen LogP contribution < -0.4 is 5.32 Å². The van der Waals surface area contributed by atoms with Crippen molar-refractivity contribution in [1.29, 1.82) is 0 Å². The van der Waals surface area contributed by atoms with E-state index < -0.39 is 0 Å². The zero-order valence-electron chi connectivity index (χ0n) is 12.8. The SMILES string of the molecule is Cc1ccc(-c2n[nH]c(=S)n2CC(=O)Nc2ccn(C)n2)cc1. The van der Waals surface area contributed by atoms with E-state index in [0.29, 0.717) is 16.4 Å². The molecule has 0 radical (unpaired) electrons. The monoisotopic (exact) mass is 328 g/mol. The molecule has 1 amide bonds. The molecule has 118 valence electrons. The van der Waals surface area contributed by atoms with Crippen molar-refractivity contribution in [3.8, 4) is 11.4 Å². The Morgan fingerprint density at radius 1 is 1.30 bits per heavy atom. The average molecular weight is 328 g/mol. The third-order valence-corrected chi connectivity index (χ3v) is 3.66. The molecule has 0 atom stereocenters. The summed E-state index contributed by atoms with van der Waals surface area (Å²) in [6.45, 7) is 2.08. The number of carbonyl (C=O) groups is 1. The fraction of sp³-hybridized carbons (Fsp3) is 0.200. The van der Waals surface area contributed by atoms with Crippen molar-refractivity contribution in [1.82, 2.24) is 24.5 Å². The Bertz CT molecular complexity index is 889. The van der Waals surface area contributed by atoms with Gasteiger partial charge in [-0.25, -0.2) is 0 Å². The van der Waals surface area contributed by atoms with Gasteiger partial charge in [0, 0.05) is 24.9 Å². The lowest BCUT2D eigenvalue weighted by Crippen LogP contribution is -2.20. The predicted octanol–water partition coefficient (Wildman–Crippen LogP) is 2.29. The van der Waals surface area contributed by atoms with Gasteiger partial charge < -0.3 is 5.32 Å². The molecule has 8 heteroatoms. The molecule has 0 unspecified atom stereocenters. The summed E-state index contributed by atoms with van der Waals surface area (Å²) in [6, 6.07) is 9.62. The van der Waals surface area contributed by atoms with Gasteiger partial charge >= 0.3 is 0 Å². The summed E-state index contributed by atoms with van der Waals surface area (Å²) < 4.78 is 3.69. The van der Waals surface area contributed by atoms with Gasteiger partial charge in [0.1, 0.15) is 6.54 Å². The highest BCUT2D eigenvalue weighted by atomic mass is 32.1. The highest BCUT2D eigenvalue weighted by Gasteiger charge is 2.13. The summed E-state index contributed by atoms with van der Waals surface area (Å²) in [6.07, 6.45) is 1.76. The molecule has 2 aromatic heterocycles. The van der Waals surface area contributed by atoms with E-state index in [-0.39, 0.29) is 12.5 Å². The molecule has 2 heterocycles. The highest BCUT2D eigenvalue weighted by Crippen LogP contribution is 2.18. The number of aryl methyl sites for hydroxylation is 2. The van der Waals surface area contributed by atoms with Crippen molar-refractivity contribution >= 4 is 23.9 Å². The lowest BCUT2D eigenvalue weighted by molar-refractivity contribution is -0.116. The number of rotatable bonds is 4. The van der Waals surface area contributed by atoms with Crippen LogP contribution in [0.2, 0.25) is 0 Å². The Morgan fingerprint density at radius 3 is 2.70 bits per heavy atom. The first-order valence-electron chi connectivity index (χ1n) is 7.04. The first-order chi connectivity index (χ1) is 11.0. The van der Waals surface area contributed by atoms with E-state index in [4.69, 9.17) is 12.2 Å². The first-order valence-corrected chi connectivity index (χ1v) is 7.45. The third kappa shape index (κ3) is 3.37. The molecule has 0 saturated heterocycles. The lowest BCUT2D eigenvalue weighted by Gasteiger charge is -2.07. The zero-order valence-corrected chi connectivity index (χ0v) is 13.6. The Morgan fingerprint density at radius 2 is 2.04 bits per heavy atom. The Kier molecular flexibility index (Phi) is 4.07. The third-order valence-electron chi connectivity index (χ3n) is 3.35. The summed E-state index contributed by atoms with van der Waals surface area (Å²) >= 11 is 5.23. The van der Waals surface area contributed by atoms with Crippen LogP contribution in [-0.4, -0.2) is 30.5 Å². The van der Waals surface area contributed by atoms with E-state index in [2.05, 4.69) is 20.6 Å². The standard InChI is InChI=1S/C15H16N6OS/c1-10-3-5-11(6-4-10)14-17-18-15(23)21(14)9-13(22)16-12-7-8-20(2)19-12/h3-8H,9H2,1-2H3,(H,18,23)(H,16,19,22). The summed E-state index contributed by atoms with van der Waals surface area (Å²) in [5.74, 6) is 0.921. The molecule has 7 nitrogen and oxygen atoms in total. The lowest BCUT2D eigenvalue weighted by atomic mass is 10.1. The summed E-state index contributed by atoms with van der Waals surface area (Å²) in [7, 11) is 1.79. The molecule has 3 rings (SSSR count). The summed E-state index contributed by atoms with van der Waals surface area (Å²) in [5, 5.41) is 13.8. The molecule has 0 saturated carbocycles. The maximum Gasteiger partial charge on any atom is 0.245 e. The maximum atomic E-state index is 12.2. The molecule has 0 bridgehead atoms. The number of aromatic nitrogens is 5. The van der Waals surface area contributed by atoms with Crippen LogP contribution >= 0.6 is 12.2 Å². The second-order valence-corrected chi connectivity index (χ2v) is 5.61. The first kappa shape index (κ1) is 15.2. The van der Waals surface area contributed by atoms with Crippen LogP contribution in [0.4, 0.5) is 5.82 Å². The Hall–Kier alpha value is -2.74. The van der Waals surface area contributed by atoms with Gasteiger partial charge in [0.15, 0.2) is 16.4 Å². The van der Waals surface area contributed by atoms with Crippen molar-refractivity contribution in [3.05, 3.63) is 46.9 Å². The van der Waals surface area contributed by atoms with Crippen molar-refractivity contribution < 1.29 is 4.79 Å². The van der Waals surface area contributed by atoms with Gasteiger partial charge in [0.2, 0.25) is 5.91 Å². The van der Waals surface area contributed by atoms with E-state index in [9.17, 15) is 4.79 Å². The Balaban J connectivity index is 1.82. The fourth-order valence-electron chi connectivity index (χ4n) is 2.20. The van der Waals surface area contributed by atoms with Gasteiger partial charge in [-0.2, -0.15) is 10.2 Å². The largest absolute Gasteiger partial charge is 0.308 e. The van der Waals surface area contributed by atoms with E-state index in [1.807, 2.05) is 31.2 Å². The van der Waals surface area contributed by atoms with E-state index in [0.717, 1.165) is 11.1 Å². The molecule has 23 heavy (non-hydrogen) atoms. The number of hydrogen-bond donors (Lipinski definition) is 2. The van der Waals surface area contributed by atoms with E-state index >= 15 is 0 Å². The molecular weight excluding hydrogens is 312 g/mol. The zero-order chi connectivity index (χ0) is 16.4. The second kappa shape index (κ2) is 6.17. The van der Waals surface area contributed by atoms with Crippen LogP contribution in [0.3, 0.4) is 0 Å². The topological polar surface area (TPSA) is 80.5 Å². The molecule has 1 aromatic carbocycles. The molecular formula is C15H16N6OS. The van der Waals surface area contributed by atoms with E-state index in [1.54, 1.807) is 28.6 Å². The molecule has 3 aromatic rings. The molecule has 2 N–H and O–H groups in total. The van der Waals surface area contributed by atoms with Crippen molar-refractivity contribution in [2.75, 3.05) is 5.32 Å². The minimum Gasteiger partial charge on any atom is -0.308 e. The number of H-pyrrole nitrogens is 1. The van der Waals surface area contributed by atoms with Gasteiger partial charge in [-0.3, -0.25) is 19.1 Å². The maximum absolute atomic E-state index is 12.2. The van der Waals surface area contributed by atoms with Crippen LogP contribution in [0, 0.1) is 11.7 Å². The highest BCUT2D eigenvalue weighted by molar-refractivity contribution is 7.71. The Labute approximate surface area is 138 Å². The van der Waals surface area contributed by atoms with Crippen LogP contribution in [0.5, 0.6) is 0 Å². The minimum absolute atomic E-state index is 0.0646. The molecule has 0 fully saturated rings. The molecule has 0 aliphatic heterocycles.